The van der Waals surface area contributed by atoms with E-state index in [0.29, 0.717) is 10.9 Å². The van der Waals surface area contributed by atoms with E-state index in [9.17, 15) is 18.4 Å². The summed E-state index contributed by atoms with van der Waals surface area (Å²) in [5.41, 5.74) is 0.876. The molecule has 0 aliphatic heterocycles. The Kier molecular flexibility index (Phi) is 6.01. The van der Waals surface area contributed by atoms with Crippen molar-refractivity contribution < 1.29 is 27.8 Å². The highest BCUT2D eigenvalue weighted by Crippen LogP contribution is 2.31. The average Bonchev–Trinajstić information content (AvgIpc) is 2.70. The van der Waals surface area contributed by atoms with Gasteiger partial charge < -0.3 is 14.8 Å². The molecule has 0 bridgehead atoms. The van der Waals surface area contributed by atoms with E-state index in [-0.39, 0.29) is 35.7 Å². The number of fused-ring (bicyclic) bond motifs is 1. The van der Waals surface area contributed by atoms with Crippen LogP contribution in [-0.4, -0.2) is 30.1 Å². The van der Waals surface area contributed by atoms with Crippen LogP contribution in [0.25, 0.3) is 10.9 Å². The summed E-state index contributed by atoms with van der Waals surface area (Å²) in [6.07, 6.45) is 1.30. The second kappa shape index (κ2) is 8.64. The first-order valence-electron chi connectivity index (χ1n) is 8.93. The minimum Gasteiger partial charge on any atom is -0.462 e. The molecular formula is C21H18F2N2O4. The van der Waals surface area contributed by atoms with Crippen molar-refractivity contribution >= 4 is 34.2 Å². The summed E-state index contributed by atoms with van der Waals surface area (Å²) in [5.74, 6) is -2.79. The van der Waals surface area contributed by atoms with E-state index in [1.165, 1.54) is 18.3 Å². The number of aromatic nitrogens is 1. The van der Waals surface area contributed by atoms with Crippen LogP contribution in [0, 0.1) is 11.6 Å². The van der Waals surface area contributed by atoms with Crippen molar-refractivity contribution in [3.8, 4) is 0 Å². The zero-order valence-corrected chi connectivity index (χ0v) is 15.8. The average molecular weight is 400 g/mol. The number of nitrogens with one attached hydrogen (secondary N) is 1. The third-order valence-electron chi connectivity index (χ3n) is 4.07. The molecule has 2 aromatic carbocycles. The molecule has 1 heterocycles. The van der Waals surface area contributed by atoms with Gasteiger partial charge in [0.05, 0.1) is 35.7 Å². The minimum absolute atomic E-state index is 0.0454. The lowest BCUT2D eigenvalue weighted by Gasteiger charge is -2.15. The van der Waals surface area contributed by atoms with Gasteiger partial charge in [0.25, 0.3) is 0 Å². The Labute approximate surface area is 165 Å². The number of ether oxygens (including phenoxy) is 2. The molecule has 6 nitrogen and oxygen atoms in total. The van der Waals surface area contributed by atoms with E-state index in [2.05, 4.69) is 10.3 Å². The first-order chi connectivity index (χ1) is 13.9. The number of pyridine rings is 1. The van der Waals surface area contributed by atoms with E-state index >= 15 is 0 Å². The van der Waals surface area contributed by atoms with Crippen LogP contribution in [-0.2, 0) is 9.47 Å². The van der Waals surface area contributed by atoms with Crippen LogP contribution in [0.1, 0.15) is 34.6 Å². The van der Waals surface area contributed by atoms with E-state index < -0.39 is 23.6 Å². The molecule has 1 aromatic heterocycles. The SMILES string of the molecule is CCOC(=O)c1ccc2ncc(C(=O)OCC)c(Nc3ccc(F)cc3F)c2c1. The third-order valence-corrected chi connectivity index (χ3v) is 4.07. The van der Waals surface area contributed by atoms with Gasteiger partial charge in [-0.2, -0.15) is 0 Å². The predicted octanol–water partition coefficient (Wildman–Crippen LogP) is 4.61. The van der Waals surface area contributed by atoms with Crippen LogP contribution in [0.5, 0.6) is 0 Å². The van der Waals surface area contributed by atoms with E-state index in [0.717, 1.165) is 12.1 Å². The molecule has 0 unspecified atom stereocenters. The molecule has 29 heavy (non-hydrogen) atoms. The summed E-state index contributed by atoms with van der Waals surface area (Å²) in [6, 6.07) is 7.64. The summed E-state index contributed by atoms with van der Waals surface area (Å²) in [5, 5.41) is 3.19. The molecule has 150 valence electrons. The Morgan fingerprint density at radius 3 is 2.41 bits per heavy atom. The molecule has 0 saturated carbocycles. The fraction of sp³-hybridized carbons (Fsp3) is 0.190. The minimum atomic E-state index is -0.841. The van der Waals surface area contributed by atoms with Gasteiger partial charge in [0, 0.05) is 17.6 Å². The van der Waals surface area contributed by atoms with Crippen LogP contribution in [0.3, 0.4) is 0 Å². The van der Waals surface area contributed by atoms with Gasteiger partial charge in [-0.05, 0) is 44.2 Å². The van der Waals surface area contributed by atoms with Crippen molar-refractivity contribution in [1.29, 1.82) is 0 Å². The fourth-order valence-electron chi connectivity index (χ4n) is 2.76. The smallest absolute Gasteiger partial charge is 0.341 e. The molecule has 0 amide bonds. The first kappa shape index (κ1) is 20.2. The Hall–Kier alpha value is -3.55. The topological polar surface area (TPSA) is 77.5 Å². The highest BCUT2D eigenvalue weighted by Gasteiger charge is 2.19. The lowest BCUT2D eigenvalue weighted by molar-refractivity contribution is 0.0518. The van der Waals surface area contributed by atoms with Gasteiger partial charge in [-0.3, -0.25) is 4.98 Å². The number of benzene rings is 2. The summed E-state index contributed by atoms with van der Waals surface area (Å²) < 4.78 is 37.5. The molecule has 0 aliphatic carbocycles. The van der Waals surface area contributed by atoms with Crippen molar-refractivity contribution in [1.82, 2.24) is 4.98 Å². The molecule has 0 radical (unpaired) electrons. The second-order valence-corrected chi connectivity index (χ2v) is 5.97. The van der Waals surface area contributed by atoms with Crippen molar-refractivity contribution in [2.45, 2.75) is 13.8 Å². The van der Waals surface area contributed by atoms with Gasteiger partial charge in [-0.15, -0.1) is 0 Å². The predicted molar refractivity (Wildman–Crippen MR) is 103 cm³/mol. The molecule has 0 fully saturated rings. The zero-order chi connectivity index (χ0) is 21.0. The summed E-state index contributed by atoms with van der Waals surface area (Å²) in [7, 11) is 0. The molecule has 0 spiro atoms. The quantitative estimate of drug-likeness (QED) is 0.609. The summed E-state index contributed by atoms with van der Waals surface area (Å²) >= 11 is 0. The molecule has 1 N–H and O–H groups in total. The molecule has 0 saturated heterocycles. The monoisotopic (exact) mass is 400 g/mol. The number of nitrogens with zero attached hydrogens (tertiary/aromatic N) is 1. The number of halogens is 2. The molecule has 8 heteroatoms. The van der Waals surface area contributed by atoms with Gasteiger partial charge in [0.15, 0.2) is 0 Å². The normalized spacial score (nSPS) is 10.6. The largest absolute Gasteiger partial charge is 0.462 e. The van der Waals surface area contributed by atoms with E-state index in [1.54, 1.807) is 26.0 Å². The highest BCUT2D eigenvalue weighted by molar-refractivity contribution is 6.07. The van der Waals surface area contributed by atoms with Crippen molar-refractivity contribution in [3.05, 3.63) is 65.4 Å². The van der Waals surface area contributed by atoms with Crippen LogP contribution >= 0.6 is 0 Å². The molecular weight excluding hydrogens is 382 g/mol. The Morgan fingerprint density at radius 2 is 1.72 bits per heavy atom. The van der Waals surface area contributed by atoms with Crippen LogP contribution in [0.2, 0.25) is 0 Å². The summed E-state index contributed by atoms with van der Waals surface area (Å²) in [4.78, 5) is 28.7. The van der Waals surface area contributed by atoms with Crippen molar-refractivity contribution in [2.24, 2.45) is 0 Å². The van der Waals surface area contributed by atoms with Gasteiger partial charge in [0.1, 0.15) is 17.2 Å². The molecule has 0 atom stereocenters. The van der Waals surface area contributed by atoms with Gasteiger partial charge in [0.2, 0.25) is 0 Å². The fourth-order valence-corrected chi connectivity index (χ4v) is 2.76. The van der Waals surface area contributed by atoms with E-state index in [4.69, 9.17) is 9.47 Å². The molecule has 3 rings (SSSR count). The number of carbonyl (C=O) groups excluding carboxylic acids is 2. The third kappa shape index (κ3) is 4.31. The van der Waals surface area contributed by atoms with Crippen LogP contribution in [0.4, 0.5) is 20.2 Å². The highest BCUT2D eigenvalue weighted by atomic mass is 19.1. The number of hydrogen-bond donors (Lipinski definition) is 1. The summed E-state index contributed by atoms with van der Waals surface area (Å²) in [6.45, 7) is 3.66. The molecule has 0 aliphatic rings. The lowest BCUT2D eigenvalue weighted by Crippen LogP contribution is -2.10. The van der Waals surface area contributed by atoms with Gasteiger partial charge >= 0.3 is 11.9 Å². The first-order valence-corrected chi connectivity index (χ1v) is 8.93. The van der Waals surface area contributed by atoms with E-state index in [1.807, 2.05) is 0 Å². The Morgan fingerprint density at radius 1 is 1.00 bits per heavy atom. The zero-order valence-electron chi connectivity index (χ0n) is 15.8. The maximum absolute atomic E-state index is 14.2. The Bertz CT molecular complexity index is 1080. The number of anilines is 2. The number of rotatable bonds is 6. The maximum Gasteiger partial charge on any atom is 0.341 e. The standard InChI is InChI=1S/C21H18F2N2O4/c1-3-28-20(26)12-5-7-17-14(9-12)19(15(11-24-17)21(27)29-4-2)25-18-8-6-13(22)10-16(18)23/h5-11H,3-4H2,1-2H3,(H,24,25). The Balaban J connectivity index is 2.19. The van der Waals surface area contributed by atoms with Crippen molar-refractivity contribution in [2.75, 3.05) is 18.5 Å². The van der Waals surface area contributed by atoms with Crippen LogP contribution < -0.4 is 5.32 Å². The van der Waals surface area contributed by atoms with Gasteiger partial charge in [-0.25, -0.2) is 18.4 Å². The number of esters is 2. The maximum atomic E-state index is 14.2. The molecule has 3 aromatic rings. The second-order valence-electron chi connectivity index (χ2n) is 5.97. The van der Waals surface area contributed by atoms with Gasteiger partial charge in [-0.1, -0.05) is 0 Å². The number of hydrogen-bond acceptors (Lipinski definition) is 6. The van der Waals surface area contributed by atoms with Crippen LogP contribution in [0.15, 0.2) is 42.6 Å². The van der Waals surface area contributed by atoms with Crippen molar-refractivity contribution in [3.63, 3.8) is 0 Å². The number of carbonyl (C=O) groups is 2. The lowest BCUT2D eigenvalue weighted by atomic mass is 10.1.